The lowest BCUT2D eigenvalue weighted by molar-refractivity contribution is -0.117. The first kappa shape index (κ1) is 14.5. The fourth-order valence-corrected chi connectivity index (χ4v) is 2.92. The summed E-state index contributed by atoms with van der Waals surface area (Å²) >= 11 is 0. The molecule has 2 heterocycles. The molecule has 1 N–H and O–H groups in total. The van der Waals surface area contributed by atoms with E-state index in [1.807, 2.05) is 48.0 Å². The van der Waals surface area contributed by atoms with E-state index >= 15 is 0 Å². The van der Waals surface area contributed by atoms with E-state index in [9.17, 15) is 4.79 Å². The molecule has 0 aliphatic heterocycles. The molecule has 0 atom stereocenters. The fraction of sp³-hybridized carbons (Fsp3) is 0.211. The number of nitrogens with zero attached hydrogens (tertiary/aromatic N) is 3. The number of carbonyl (C=O) groups is 1. The Bertz CT molecular complexity index is 992. The number of fused-ring (bicyclic) bond motifs is 1. The zero-order valence-corrected chi connectivity index (χ0v) is 13.3. The van der Waals surface area contributed by atoms with Gasteiger partial charge >= 0.3 is 0 Å². The van der Waals surface area contributed by atoms with Crippen molar-refractivity contribution in [1.29, 1.82) is 0 Å². The highest BCUT2D eigenvalue weighted by Crippen LogP contribution is 2.34. The van der Waals surface area contributed by atoms with Crippen LogP contribution < -0.4 is 5.32 Å². The monoisotopic (exact) mass is 316 g/mol. The van der Waals surface area contributed by atoms with E-state index in [4.69, 9.17) is 6.57 Å². The number of anilines is 1. The molecule has 4 rings (SSSR count). The van der Waals surface area contributed by atoms with E-state index in [0.29, 0.717) is 11.5 Å². The van der Waals surface area contributed by atoms with Crippen molar-refractivity contribution in [1.82, 2.24) is 9.55 Å². The maximum atomic E-state index is 11.9. The Kier molecular flexibility index (Phi) is 3.31. The number of para-hydroxylation sites is 1. The third-order valence-electron chi connectivity index (χ3n) is 4.43. The van der Waals surface area contributed by atoms with Crippen molar-refractivity contribution in [2.24, 2.45) is 13.0 Å². The molecule has 1 aromatic carbocycles. The number of rotatable bonds is 3. The lowest BCUT2D eigenvalue weighted by Crippen LogP contribution is -2.14. The van der Waals surface area contributed by atoms with Crippen LogP contribution in [0.25, 0.3) is 27.0 Å². The maximum Gasteiger partial charge on any atom is 0.228 e. The quantitative estimate of drug-likeness (QED) is 0.738. The van der Waals surface area contributed by atoms with Gasteiger partial charge in [0.2, 0.25) is 5.91 Å². The van der Waals surface area contributed by atoms with Gasteiger partial charge in [-0.3, -0.25) is 4.79 Å². The van der Waals surface area contributed by atoms with Crippen molar-refractivity contribution in [3.05, 3.63) is 54.0 Å². The zero-order valence-electron chi connectivity index (χ0n) is 13.3. The molecular formula is C19H16N4O. The van der Waals surface area contributed by atoms with Gasteiger partial charge in [-0.25, -0.2) is 9.83 Å². The third kappa shape index (κ3) is 2.42. The molecule has 1 fully saturated rings. The molecule has 118 valence electrons. The number of pyridine rings is 1. The molecule has 0 unspecified atom stereocenters. The smallest absolute Gasteiger partial charge is 0.228 e. The molecule has 24 heavy (non-hydrogen) atoms. The van der Waals surface area contributed by atoms with Crippen LogP contribution in [0.1, 0.15) is 12.8 Å². The molecular weight excluding hydrogens is 300 g/mol. The Morgan fingerprint density at radius 1 is 1.33 bits per heavy atom. The van der Waals surface area contributed by atoms with Crippen LogP contribution in [0.2, 0.25) is 0 Å². The summed E-state index contributed by atoms with van der Waals surface area (Å²) in [5.41, 5.74) is 3.45. The summed E-state index contributed by atoms with van der Waals surface area (Å²) < 4.78 is 2.03. The van der Waals surface area contributed by atoms with Crippen LogP contribution in [0.5, 0.6) is 0 Å². The summed E-state index contributed by atoms with van der Waals surface area (Å²) in [6.45, 7) is 7.35. The molecule has 1 saturated carbocycles. The van der Waals surface area contributed by atoms with Gasteiger partial charge in [0, 0.05) is 29.6 Å². The summed E-state index contributed by atoms with van der Waals surface area (Å²) in [5, 5.41) is 3.87. The van der Waals surface area contributed by atoms with Crippen molar-refractivity contribution in [3.8, 4) is 11.3 Å². The summed E-state index contributed by atoms with van der Waals surface area (Å²) in [7, 11) is 1.96. The first-order chi connectivity index (χ1) is 11.7. The normalized spacial score (nSPS) is 13.7. The van der Waals surface area contributed by atoms with Gasteiger partial charge in [0.15, 0.2) is 5.69 Å². The number of aryl methyl sites for hydroxylation is 1. The van der Waals surface area contributed by atoms with Gasteiger partial charge in [-0.1, -0.05) is 24.3 Å². The molecule has 1 aliphatic carbocycles. The largest absolute Gasteiger partial charge is 0.343 e. The maximum absolute atomic E-state index is 11.9. The lowest BCUT2D eigenvalue weighted by Gasteiger charge is -2.06. The second-order valence-corrected chi connectivity index (χ2v) is 6.11. The van der Waals surface area contributed by atoms with Gasteiger partial charge in [0.25, 0.3) is 0 Å². The van der Waals surface area contributed by atoms with E-state index in [-0.39, 0.29) is 11.8 Å². The van der Waals surface area contributed by atoms with Crippen LogP contribution in [0.15, 0.2) is 42.6 Å². The summed E-state index contributed by atoms with van der Waals surface area (Å²) in [6.07, 6.45) is 3.70. The van der Waals surface area contributed by atoms with E-state index in [1.165, 1.54) is 0 Å². The Labute approximate surface area is 139 Å². The Morgan fingerprint density at radius 2 is 2.12 bits per heavy atom. The average molecular weight is 316 g/mol. The van der Waals surface area contributed by atoms with Gasteiger partial charge < -0.3 is 9.88 Å². The highest BCUT2D eigenvalue weighted by atomic mass is 16.2. The van der Waals surface area contributed by atoms with Crippen LogP contribution in [-0.2, 0) is 11.8 Å². The molecule has 5 heteroatoms. The molecule has 0 saturated heterocycles. The Balaban J connectivity index is 1.77. The van der Waals surface area contributed by atoms with Gasteiger partial charge in [0.1, 0.15) is 5.82 Å². The summed E-state index contributed by atoms with van der Waals surface area (Å²) in [4.78, 5) is 19.9. The first-order valence-corrected chi connectivity index (χ1v) is 7.90. The van der Waals surface area contributed by atoms with Crippen molar-refractivity contribution in [2.75, 3.05) is 5.32 Å². The number of carbonyl (C=O) groups excluding carboxylic acids is 1. The Hall–Kier alpha value is -3.13. The fourth-order valence-electron chi connectivity index (χ4n) is 2.92. The number of hydrogen-bond acceptors (Lipinski definition) is 2. The molecule has 1 amide bonds. The van der Waals surface area contributed by atoms with E-state index in [0.717, 1.165) is 35.0 Å². The predicted molar refractivity (Wildman–Crippen MR) is 93.8 cm³/mol. The number of nitrogens with one attached hydrogen (secondary N) is 1. The molecule has 0 spiro atoms. The molecule has 5 nitrogen and oxygen atoms in total. The number of hydrogen-bond donors (Lipinski definition) is 1. The molecule has 0 bridgehead atoms. The lowest BCUT2D eigenvalue weighted by atomic mass is 10.1. The van der Waals surface area contributed by atoms with Gasteiger partial charge in [0.05, 0.1) is 18.3 Å². The van der Waals surface area contributed by atoms with E-state index in [1.54, 1.807) is 6.20 Å². The second-order valence-electron chi connectivity index (χ2n) is 6.11. The predicted octanol–water partition coefficient (Wildman–Crippen LogP) is 4.14. The van der Waals surface area contributed by atoms with E-state index in [2.05, 4.69) is 15.1 Å². The Morgan fingerprint density at radius 3 is 2.88 bits per heavy atom. The molecule has 2 aromatic heterocycles. The van der Waals surface area contributed by atoms with Crippen LogP contribution >= 0.6 is 0 Å². The minimum Gasteiger partial charge on any atom is -0.343 e. The molecule has 3 aromatic rings. The number of amides is 1. The average Bonchev–Trinajstić information content (AvgIpc) is 3.40. The summed E-state index contributed by atoms with van der Waals surface area (Å²) in [6, 6.07) is 11.5. The minimum atomic E-state index is 0.0522. The van der Waals surface area contributed by atoms with Crippen molar-refractivity contribution in [3.63, 3.8) is 0 Å². The van der Waals surface area contributed by atoms with Crippen LogP contribution in [0, 0.1) is 12.5 Å². The third-order valence-corrected chi connectivity index (χ3v) is 4.43. The summed E-state index contributed by atoms with van der Waals surface area (Å²) in [5.74, 6) is 0.783. The van der Waals surface area contributed by atoms with Crippen LogP contribution in [0.4, 0.5) is 11.5 Å². The van der Waals surface area contributed by atoms with Crippen molar-refractivity contribution in [2.45, 2.75) is 12.8 Å². The molecule has 0 radical (unpaired) electrons. The highest BCUT2D eigenvalue weighted by molar-refractivity contribution is 5.96. The minimum absolute atomic E-state index is 0.0522. The van der Waals surface area contributed by atoms with Crippen LogP contribution in [-0.4, -0.2) is 15.5 Å². The zero-order chi connectivity index (χ0) is 16.7. The van der Waals surface area contributed by atoms with Gasteiger partial charge in [-0.05, 0) is 25.0 Å². The van der Waals surface area contributed by atoms with Gasteiger partial charge in [-0.15, -0.1) is 0 Å². The van der Waals surface area contributed by atoms with Crippen molar-refractivity contribution >= 4 is 28.3 Å². The second kappa shape index (κ2) is 5.50. The van der Waals surface area contributed by atoms with Crippen molar-refractivity contribution < 1.29 is 4.79 Å². The standard InChI is InChI=1S/C19H16N4O/c1-20-15-6-4-3-5-14(15)16-9-13-10-18(21-11-17(13)23(16)2)22-19(24)12-7-8-12/h3-6,9-12H,7-8H2,2H3,(H,21,22,24). The highest BCUT2D eigenvalue weighted by Gasteiger charge is 2.29. The SMILES string of the molecule is [C-]#[N+]c1ccccc1-c1cc2cc(NC(=O)C3CC3)ncc2n1C. The number of benzene rings is 1. The molecule has 1 aliphatic rings. The van der Waals surface area contributed by atoms with Crippen LogP contribution in [0.3, 0.4) is 0 Å². The van der Waals surface area contributed by atoms with Gasteiger partial charge in [-0.2, -0.15) is 0 Å². The topological polar surface area (TPSA) is 51.3 Å². The van der Waals surface area contributed by atoms with E-state index < -0.39 is 0 Å². The first-order valence-electron chi connectivity index (χ1n) is 7.90. The number of aromatic nitrogens is 2.